The van der Waals surface area contributed by atoms with E-state index in [2.05, 4.69) is 11.9 Å². The lowest BCUT2D eigenvalue weighted by molar-refractivity contribution is -0.384. The summed E-state index contributed by atoms with van der Waals surface area (Å²) >= 11 is 1.18. The highest BCUT2D eigenvalue weighted by Gasteiger charge is 2.34. The van der Waals surface area contributed by atoms with Crippen molar-refractivity contribution in [2.45, 2.75) is 46.1 Å². The van der Waals surface area contributed by atoms with Crippen molar-refractivity contribution in [3.8, 4) is 11.5 Å². The second-order valence-electron chi connectivity index (χ2n) is 9.12. The van der Waals surface area contributed by atoms with Crippen LogP contribution in [-0.4, -0.2) is 35.8 Å². The molecule has 11 heteroatoms. The van der Waals surface area contributed by atoms with Gasteiger partial charge in [-0.15, -0.1) is 0 Å². The van der Waals surface area contributed by atoms with E-state index in [0.717, 1.165) is 19.3 Å². The number of esters is 1. The van der Waals surface area contributed by atoms with Crippen molar-refractivity contribution in [3.63, 3.8) is 0 Å². The van der Waals surface area contributed by atoms with Crippen LogP contribution in [0.2, 0.25) is 0 Å². The fourth-order valence-electron chi connectivity index (χ4n) is 4.46. The summed E-state index contributed by atoms with van der Waals surface area (Å²) in [6.07, 6.45) is 4.71. The van der Waals surface area contributed by atoms with Crippen molar-refractivity contribution in [1.29, 1.82) is 0 Å². The summed E-state index contributed by atoms with van der Waals surface area (Å²) in [7, 11) is 1.54. The van der Waals surface area contributed by atoms with Crippen molar-refractivity contribution >= 4 is 29.1 Å². The fourth-order valence-corrected chi connectivity index (χ4v) is 5.50. The molecule has 0 saturated carbocycles. The molecule has 2 aromatic carbocycles. The molecule has 1 unspecified atom stereocenters. The molecule has 1 aliphatic rings. The first-order valence-corrected chi connectivity index (χ1v) is 13.9. The number of nitro benzene ring substituents is 1. The SMILES string of the molecule is CCCCCOc1ccc(C2C(C(=O)OCC)=C(C)N=c3s/c(=C\c4ccc([N+](=O)[O-])cc4)c(=O)n32)cc1OC. The lowest BCUT2D eigenvalue weighted by Crippen LogP contribution is -2.40. The summed E-state index contributed by atoms with van der Waals surface area (Å²) in [4.78, 5) is 42.5. The van der Waals surface area contributed by atoms with Gasteiger partial charge in [0, 0.05) is 12.1 Å². The summed E-state index contributed by atoms with van der Waals surface area (Å²) in [5.41, 5.74) is 1.58. The maximum atomic E-state index is 13.8. The van der Waals surface area contributed by atoms with Crippen LogP contribution in [0.25, 0.3) is 6.08 Å². The third-order valence-electron chi connectivity index (χ3n) is 6.43. The minimum Gasteiger partial charge on any atom is -0.493 e. The van der Waals surface area contributed by atoms with Crippen molar-refractivity contribution in [1.82, 2.24) is 4.57 Å². The van der Waals surface area contributed by atoms with Crippen molar-refractivity contribution in [3.05, 3.63) is 94.7 Å². The van der Waals surface area contributed by atoms with Crippen LogP contribution in [0.5, 0.6) is 11.5 Å². The van der Waals surface area contributed by atoms with E-state index in [9.17, 15) is 19.7 Å². The van der Waals surface area contributed by atoms with Crippen LogP contribution in [0.15, 0.2) is 63.5 Å². The van der Waals surface area contributed by atoms with Crippen LogP contribution in [0.3, 0.4) is 0 Å². The lowest BCUT2D eigenvalue weighted by Gasteiger charge is -2.25. The van der Waals surface area contributed by atoms with Crippen molar-refractivity contribution in [2.24, 2.45) is 4.99 Å². The first-order valence-electron chi connectivity index (χ1n) is 13.0. The van der Waals surface area contributed by atoms with Crippen LogP contribution in [0.4, 0.5) is 5.69 Å². The van der Waals surface area contributed by atoms with Gasteiger partial charge in [-0.3, -0.25) is 19.5 Å². The van der Waals surface area contributed by atoms with Crippen molar-refractivity contribution < 1.29 is 23.9 Å². The highest BCUT2D eigenvalue weighted by molar-refractivity contribution is 7.07. The number of hydrogen-bond acceptors (Lipinski definition) is 9. The number of non-ortho nitro benzene ring substituents is 1. The molecule has 210 valence electrons. The summed E-state index contributed by atoms with van der Waals surface area (Å²) in [5, 5.41) is 11.0. The molecule has 3 aromatic rings. The Kier molecular flexibility index (Phi) is 9.15. The Hall–Kier alpha value is -4.25. The predicted molar refractivity (Wildman–Crippen MR) is 152 cm³/mol. The van der Waals surface area contributed by atoms with Gasteiger partial charge in [0.2, 0.25) is 0 Å². The van der Waals surface area contributed by atoms with Gasteiger partial charge in [-0.1, -0.05) is 37.2 Å². The Balaban J connectivity index is 1.84. The largest absolute Gasteiger partial charge is 0.493 e. The second kappa shape index (κ2) is 12.7. The van der Waals surface area contributed by atoms with E-state index in [0.29, 0.717) is 44.3 Å². The Morgan fingerprint density at radius 3 is 2.55 bits per heavy atom. The topological polar surface area (TPSA) is 122 Å². The van der Waals surface area contributed by atoms with E-state index in [1.54, 1.807) is 51.3 Å². The van der Waals surface area contributed by atoms with Crippen LogP contribution in [0.1, 0.15) is 57.2 Å². The van der Waals surface area contributed by atoms with Gasteiger partial charge < -0.3 is 14.2 Å². The zero-order valence-electron chi connectivity index (χ0n) is 22.8. The smallest absolute Gasteiger partial charge is 0.338 e. The molecule has 1 aliphatic heterocycles. The van der Waals surface area contributed by atoms with Crippen LogP contribution < -0.4 is 24.4 Å². The Bertz CT molecular complexity index is 1620. The monoisotopic (exact) mass is 565 g/mol. The van der Waals surface area contributed by atoms with Gasteiger partial charge >= 0.3 is 5.97 Å². The highest BCUT2D eigenvalue weighted by atomic mass is 32.1. The molecule has 2 heterocycles. The molecule has 1 aromatic heterocycles. The van der Waals surface area contributed by atoms with Gasteiger partial charge in [0.1, 0.15) is 0 Å². The molecule has 0 bridgehead atoms. The summed E-state index contributed by atoms with van der Waals surface area (Å²) < 4.78 is 18.8. The lowest BCUT2D eigenvalue weighted by atomic mass is 9.95. The Morgan fingerprint density at radius 2 is 1.90 bits per heavy atom. The van der Waals surface area contributed by atoms with Crippen LogP contribution in [-0.2, 0) is 9.53 Å². The van der Waals surface area contributed by atoms with Gasteiger partial charge in [0.15, 0.2) is 16.3 Å². The molecule has 40 heavy (non-hydrogen) atoms. The van der Waals surface area contributed by atoms with E-state index >= 15 is 0 Å². The number of benzene rings is 2. The molecule has 0 spiro atoms. The maximum absolute atomic E-state index is 13.8. The number of thiazole rings is 1. The minimum atomic E-state index is -0.808. The fraction of sp³-hybridized carbons (Fsp3) is 0.345. The number of hydrogen-bond donors (Lipinski definition) is 0. The predicted octanol–water partition coefficient (Wildman–Crippen LogP) is 4.28. The molecule has 10 nitrogen and oxygen atoms in total. The Labute approximate surface area is 235 Å². The van der Waals surface area contributed by atoms with E-state index in [1.807, 2.05) is 6.07 Å². The number of rotatable bonds is 11. The number of methoxy groups -OCH3 is 1. The minimum absolute atomic E-state index is 0.0416. The van der Waals surface area contributed by atoms with Gasteiger partial charge in [-0.05, 0) is 61.7 Å². The van der Waals surface area contributed by atoms with Gasteiger partial charge in [0.05, 0.1) is 47.1 Å². The number of unbranched alkanes of at least 4 members (excludes halogenated alkanes) is 2. The number of aromatic nitrogens is 1. The maximum Gasteiger partial charge on any atom is 0.338 e. The number of nitro groups is 1. The number of fused-ring (bicyclic) bond motifs is 1. The standard InChI is InChI=1S/C29H31N3O7S/c1-5-7-8-15-39-22-14-11-20(17-23(22)37-4)26-25(28(34)38-6-2)18(3)30-29-31(26)27(33)24(40-29)16-19-9-12-21(13-10-19)32(35)36/h9-14,16-17,26H,5-8,15H2,1-4H3/b24-16-. The average Bonchev–Trinajstić information content (AvgIpc) is 3.24. The first kappa shape index (κ1) is 28.8. The number of nitrogens with zero attached hydrogens (tertiary/aromatic N) is 3. The molecule has 0 N–H and O–H groups in total. The van der Waals surface area contributed by atoms with E-state index < -0.39 is 16.9 Å². The zero-order valence-corrected chi connectivity index (χ0v) is 23.7. The number of allylic oxidation sites excluding steroid dienone is 1. The molecular weight excluding hydrogens is 534 g/mol. The summed E-state index contributed by atoms with van der Waals surface area (Å²) in [6.45, 7) is 6.28. The Morgan fingerprint density at radius 1 is 1.15 bits per heavy atom. The zero-order chi connectivity index (χ0) is 28.8. The molecule has 1 atom stereocenters. The van der Waals surface area contributed by atoms with Gasteiger partial charge in [0.25, 0.3) is 11.2 Å². The highest BCUT2D eigenvalue weighted by Crippen LogP contribution is 2.36. The normalized spacial score (nSPS) is 14.9. The van der Waals surface area contributed by atoms with Gasteiger partial charge in [-0.2, -0.15) is 0 Å². The molecule has 0 saturated heterocycles. The quantitative estimate of drug-likeness (QED) is 0.147. The van der Waals surface area contributed by atoms with E-state index in [-0.39, 0.29) is 23.4 Å². The van der Waals surface area contributed by atoms with E-state index in [1.165, 1.54) is 28.0 Å². The number of ether oxygens (including phenoxy) is 3. The van der Waals surface area contributed by atoms with Crippen LogP contribution in [0, 0.1) is 10.1 Å². The second-order valence-corrected chi connectivity index (χ2v) is 10.1. The number of carbonyl (C=O) groups is 1. The number of carbonyl (C=O) groups excluding carboxylic acids is 1. The van der Waals surface area contributed by atoms with Crippen LogP contribution >= 0.6 is 11.3 Å². The third-order valence-corrected chi connectivity index (χ3v) is 7.41. The molecular formula is C29H31N3O7S. The van der Waals surface area contributed by atoms with E-state index in [4.69, 9.17) is 14.2 Å². The molecule has 0 fully saturated rings. The first-order chi connectivity index (χ1) is 19.3. The summed E-state index contributed by atoms with van der Waals surface area (Å²) in [5.74, 6) is 0.503. The summed E-state index contributed by atoms with van der Waals surface area (Å²) in [6, 6.07) is 10.5. The molecule has 0 radical (unpaired) electrons. The average molecular weight is 566 g/mol. The molecule has 4 rings (SSSR count). The molecule has 0 aliphatic carbocycles. The van der Waals surface area contributed by atoms with Gasteiger partial charge in [-0.25, -0.2) is 9.79 Å². The molecule has 0 amide bonds. The third kappa shape index (κ3) is 5.99. The van der Waals surface area contributed by atoms with Crippen molar-refractivity contribution in [2.75, 3.05) is 20.3 Å².